The molecule has 0 bridgehead atoms. The Morgan fingerprint density at radius 1 is 1.00 bits per heavy atom. The Kier molecular flexibility index (Phi) is 9.36. The molecule has 0 aromatic heterocycles. The second-order valence-electron chi connectivity index (χ2n) is 5.77. The third kappa shape index (κ3) is 6.56. The maximum Gasteiger partial charge on any atom is 0.204 e. The topological polar surface area (TPSA) is 75.6 Å². The van der Waals surface area contributed by atoms with Crippen molar-refractivity contribution >= 4 is 15.9 Å². The van der Waals surface area contributed by atoms with Crippen molar-refractivity contribution in [2.24, 2.45) is 0 Å². The Labute approximate surface area is 173 Å². The van der Waals surface area contributed by atoms with Crippen molar-refractivity contribution < 1.29 is 33.5 Å². The van der Waals surface area contributed by atoms with E-state index in [-0.39, 0.29) is 20.0 Å². The van der Waals surface area contributed by atoms with Crippen LogP contribution in [0.25, 0.3) is 0 Å². The Morgan fingerprint density at radius 2 is 1.71 bits per heavy atom. The summed E-state index contributed by atoms with van der Waals surface area (Å²) < 4.78 is 33.4. The van der Waals surface area contributed by atoms with Gasteiger partial charge in [0.25, 0.3) is 0 Å². The van der Waals surface area contributed by atoms with Gasteiger partial charge in [-0.3, -0.25) is 0 Å². The lowest BCUT2D eigenvalue weighted by molar-refractivity contribution is 0.00686. The van der Waals surface area contributed by atoms with E-state index in [4.69, 9.17) is 28.4 Å². The lowest BCUT2D eigenvalue weighted by Crippen LogP contribution is -2.27. The summed E-state index contributed by atoms with van der Waals surface area (Å²) in [6.45, 7) is 0.388. The minimum atomic E-state index is -0.599. The van der Waals surface area contributed by atoms with Crippen molar-refractivity contribution in [2.75, 3.05) is 41.3 Å². The average Bonchev–Trinajstić information content (AvgIpc) is 2.72. The molecule has 154 valence electrons. The normalized spacial score (nSPS) is 11.8. The summed E-state index contributed by atoms with van der Waals surface area (Å²) >= 11 is 3.40. The third-order valence-corrected chi connectivity index (χ3v) is 4.22. The lowest BCUT2D eigenvalue weighted by atomic mass is 10.2. The van der Waals surface area contributed by atoms with E-state index in [1.807, 2.05) is 24.3 Å². The zero-order chi connectivity index (χ0) is 20.4. The number of ether oxygens (including phenoxy) is 6. The molecule has 28 heavy (non-hydrogen) atoms. The van der Waals surface area contributed by atoms with Gasteiger partial charge >= 0.3 is 0 Å². The predicted molar refractivity (Wildman–Crippen MR) is 107 cm³/mol. The van der Waals surface area contributed by atoms with Gasteiger partial charge in [-0.25, -0.2) is 0 Å². The van der Waals surface area contributed by atoms with Crippen molar-refractivity contribution in [3.05, 3.63) is 46.4 Å². The highest BCUT2D eigenvalue weighted by Gasteiger charge is 2.19. The molecule has 1 atom stereocenters. The van der Waals surface area contributed by atoms with Crippen molar-refractivity contribution in [2.45, 2.75) is 12.7 Å². The van der Waals surface area contributed by atoms with Crippen LogP contribution in [-0.2, 0) is 16.1 Å². The lowest BCUT2D eigenvalue weighted by Gasteiger charge is -2.21. The van der Waals surface area contributed by atoms with Crippen LogP contribution in [0.2, 0.25) is 0 Å². The highest BCUT2D eigenvalue weighted by molar-refractivity contribution is 9.10. The summed E-state index contributed by atoms with van der Waals surface area (Å²) in [4.78, 5) is 0. The molecule has 0 radical (unpaired) electrons. The minimum Gasteiger partial charge on any atom is -0.497 e. The number of halogens is 1. The summed E-state index contributed by atoms with van der Waals surface area (Å²) in [7, 11) is 4.68. The van der Waals surface area contributed by atoms with Crippen molar-refractivity contribution in [1.82, 2.24) is 0 Å². The van der Waals surface area contributed by atoms with Gasteiger partial charge in [0.1, 0.15) is 11.9 Å². The molecular formula is C20H25BrO7. The number of hydrogen-bond donors (Lipinski definition) is 1. The molecule has 8 heteroatoms. The first-order valence-electron chi connectivity index (χ1n) is 8.58. The van der Waals surface area contributed by atoms with Crippen molar-refractivity contribution in [1.29, 1.82) is 0 Å². The van der Waals surface area contributed by atoms with Gasteiger partial charge in [0.2, 0.25) is 5.75 Å². The molecule has 0 heterocycles. The fourth-order valence-electron chi connectivity index (χ4n) is 2.36. The zero-order valence-electron chi connectivity index (χ0n) is 16.1. The van der Waals surface area contributed by atoms with Gasteiger partial charge < -0.3 is 33.5 Å². The van der Waals surface area contributed by atoms with Gasteiger partial charge in [-0.1, -0.05) is 28.1 Å². The van der Waals surface area contributed by atoms with Gasteiger partial charge in [-0.15, -0.1) is 0 Å². The molecule has 0 saturated heterocycles. The molecule has 0 fully saturated rings. The van der Waals surface area contributed by atoms with E-state index in [9.17, 15) is 5.11 Å². The van der Waals surface area contributed by atoms with Gasteiger partial charge in [0.15, 0.2) is 18.3 Å². The third-order valence-electron chi connectivity index (χ3n) is 3.76. The van der Waals surface area contributed by atoms with E-state index < -0.39 is 6.10 Å². The van der Waals surface area contributed by atoms with Crippen LogP contribution >= 0.6 is 15.9 Å². The number of aliphatic hydroxyl groups is 1. The van der Waals surface area contributed by atoms with E-state index in [1.165, 1.54) is 14.2 Å². The highest BCUT2D eigenvalue weighted by Crippen LogP contribution is 2.41. The molecule has 0 spiro atoms. The van der Waals surface area contributed by atoms with E-state index >= 15 is 0 Å². The number of rotatable bonds is 12. The number of hydrogen-bond acceptors (Lipinski definition) is 7. The van der Waals surface area contributed by atoms with Gasteiger partial charge in [-0.2, -0.15) is 0 Å². The fourth-order valence-corrected chi connectivity index (χ4v) is 2.78. The second kappa shape index (κ2) is 11.8. The quantitative estimate of drug-likeness (QED) is 0.490. The molecule has 0 saturated carbocycles. The Bertz CT molecular complexity index is 721. The summed E-state index contributed by atoms with van der Waals surface area (Å²) in [6, 6.07) is 11.1. The van der Waals surface area contributed by atoms with Crippen LogP contribution in [0.3, 0.4) is 0 Å². The first-order chi connectivity index (χ1) is 13.6. The molecule has 0 aliphatic carbocycles. The summed E-state index contributed by atoms with van der Waals surface area (Å²) in [5, 5.41) is 9.70. The summed E-state index contributed by atoms with van der Waals surface area (Å²) in [5.41, 5.74) is 0.989. The molecule has 2 aromatic rings. The average molecular weight is 457 g/mol. The molecule has 0 amide bonds. The predicted octanol–water partition coefficient (Wildman–Crippen LogP) is 3.41. The molecule has 0 aliphatic heterocycles. The van der Waals surface area contributed by atoms with E-state index in [0.29, 0.717) is 23.9 Å². The summed E-state index contributed by atoms with van der Waals surface area (Å²) in [6.07, 6.45) is -0.599. The van der Waals surface area contributed by atoms with Gasteiger partial charge in [0, 0.05) is 11.6 Å². The maximum absolute atomic E-state index is 9.70. The number of methoxy groups -OCH3 is 3. The highest BCUT2D eigenvalue weighted by atomic mass is 79.9. The SMILES string of the molecule is COCOc1cc(Br)cc(OC)c1O[C@@H](CO)COCc1ccc(OC)cc1. The maximum atomic E-state index is 9.70. The Balaban J connectivity index is 2.02. The van der Waals surface area contributed by atoms with Crippen LogP contribution in [0.1, 0.15) is 5.56 Å². The van der Waals surface area contributed by atoms with Crippen LogP contribution in [-0.4, -0.2) is 52.5 Å². The van der Waals surface area contributed by atoms with Crippen LogP contribution < -0.4 is 18.9 Å². The first-order valence-corrected chi connectivity index (χ1v) is 9.38. The van der Waals surface area contributed by atoms with Gasteiger partial charge in [-0.05, 0) is 29.8 Å². The molecule has 7 nitrogen and oxygen atoms in total. The molecular weight excluding hydrogens is 432 g/mol. The fraction of sp³-hybridized carbons (Fsp3) is 0.400. The molecule has 0 unspecified atom stereocenters. The minimum absolute atomic E-state index is 0.0493. The van der Waals surface area contributed by atoms with Crippen molar-refractivity contribution in [3.8, 4) is 23.0 Å². The second-order valence-corrected chi connectivity index (χ2v) is 6.69. The van der Waals surface area contributed by atoms with E-state index in [2.05, 4.69) is 15.9 Å². The first kappa shape index (κ1) is 22.3. The van der Waals surface area contributed by atoms with Crippen LogP contribution in [0.15, 0.2) is 40.9 Å². The van der Waals surface area contributed by atoms with Crippen LogP contribution in [0.4, 0.5) is 0 Å². The Morgan fingerprint density at radius 3 is 2.32 bits per heavy atom. The molecule has 1 N–H and O–H groups in total. The van der Waals surface area contributed by atoms with Gasteiger partial charge in [0.05, 0.1) is 34.0 Å². The zero-order valence-corrected chi connectivity index (χ0v) is 17.7. The van der Waals surface area contributed by atoms with E-state index in [0.717, 1.165) is 15.8 Å². The van der Waals surface area contributed by atoms with Crippen molar-refractivity contribution in [3.63, 3.8) is 0 Å². The summed E-state index contributed by atoms with van der Waals surface area (Å²) in [5.74, 6) is 2.05. The standard InChI is InChI=1S/C20H25BrO7/c1-23-13-27-19-9-15(21)8-18(25-3)20(19)28-17(10-22)12-26-11-14-4-6-16(24-2)7-5-14/h4-9,17,22H,10-13H2,1-3H3/t17-/m0/s1. The number of benzene rings is 2. The monoisotopic (exact) mass is 456 g/mol. The molecule has 2 aromatic carbocycles. The number of aliphatic hydroxyl groups excluding tert-OH is 1. The van der Waals surface area contributed by atoms with E-state index in [1.54, 1.807) is 19.2 Å². The van der Waals surface area contributed by atoms with Crippen LogP contribution in [0, 0.1) is 0 Å². The Hall–Kier alpha value is -2.00. The van der Waals surface area contributed by atoms with Crippen LogP contribution in [0.5, 0.6) is 23.0 Å². The largest absolute Gasteiger partial charge is 0.497 e. The smallest absolute Gasteiger partial charge is 0.204 e. The molecule has 0 aliphatic rings. The molecule has 2 rings (SSSR count).